The number of allylic oxidation sites excluding steroid dienone is 3. The van der Waals surface area contributed by atoms with Crippen LogP contribution in [0.15, 0.2) is 65.0 Å². The summed E-state index contributed by atoms with van der Waals surface area (Å²) in [5.41, 5.74) is 5.29. The van der Waals surface area contributed by atoms with Crippen molar-refractivity contribution in [3.8, 4) is 0 Å². The lowest BCUT2D eigenvalue weighted by molar-refractivity contribution is -0.151. The maximum atomic E-state index is 13.9. The zero-order valence-electron chi connectivity index (χ0n) is 21.9. The molecule has 0 amide bonds. The van der Waals surface area contributed by atoms with Gasteiger partial charge < -0.3 is 19.4 Å². The fourth-order valence-electron chi connectivity index (χ4n) is 6.08. The maximum Gasteiger partial charge on any atom is 0.336 e. The van der Waals surface area contributed by atoms with E-state index >= 15 is 0 Å². The van der Waals surface area contributed by atoms with Crippen LogP contribution in [0.1, 0.15) is 45.6 Å². The third kappa shape index (κ3) is 3.84. The average molecular weight is 501 g/mol. The van der Waals surface area contributed by atoms with Crippen molar-refractivity contribution < 1.29 is 23.9 Å². The highest BCUT2D eigenvalue weighted by Gasteiger charge is 2.47. The van der Waals surface area contributed by atoms with Crippen LogP contribution in [-0.4, -0.2) is 36.0 Å². The first kappa shape index (κ1) is 24.8. The Balaban J connectivity index is 1.76. The van der Waals surface area contributed by atoms with E-state index in [1.807, 2.05) is 32.0 Å². The number of hydrogen-bond donors (Lipinski definition) is 1. The summed E-state index contributed by atoms with van der Waals surface area (Å²) in [6.07, 6.45) is 0.502. The van der Waals surface area contributed by atoms with Crippen LogP contribution < -0.4 is 5.32 Å². The Labute approximate surface area is 216 Å². The number of aryl methyl sites for hydroxylation is 1. The van der Waals surface area contributed by atoms with Crippen LogP contribution in [0.4, 0.5) is 0 Å². The first-order valence-corrected chi connectivity index (χ1v) is 12.8. The molecule has 0 saturated heterocycles. The van der Waals surface area contributed by atoms with Crippen molar-refractivity contribution >= 4 is 39.5 Å². The highest BCUT2D eigenvalue weighted by Crippen LogP contribution is 2.46. The molecule has 0 bridgehead atoms. The van der Waals surface area contributed by atoms with Crippen LogP contribution >= 0.6 is 0 Å². The van der Waals surface area contributed by atoms with Crippen molar-refractivity contribution in [1.29, 1.82) is 0 Å². The van der Waals surface area contributed by atoms with E-state index in [1.165, 1.54) is 7.11 Å². The smallest absolute Gasteiger partial charge is 0.336 e. The van der Waals surface area contributed by atoms with Crippen molar-refractivity contribution in [3.05, 3.63) is 70.6 Å². The number of esters is 2. The molecule has 0 radical (unpaired) electrons. The molecule has 3 atom stereocenters. The number of ether oxygens (including phenoxy) is 2. The second-order valence-corrected chi connectivity index (χ2v) is 9.79. The van der Waals surface area contributed by atoms with E-state index in [9.17, 15) is 14.4 Å². The van der Waals surface area contributed by atoms with E-state index in [0.717, 1.165) is 39.6 Å². The quantitative estimate of drug-likeness (QED) is 0.392. The molecule has 192 valence electrons. The van der Waals surface area contributed by atoms with Gasteiger partial charge in [-0.2, -0.15) is 0 Å². The molecule has 2 aromatic carbocycles. The number of Topliss-reactive ketones (excluding diaryl/α,β-unsaturated/α-hetero) is 1. The third-order valence-electron chi connectivity index (χ3n) is 7.68. The number of benzene rings is 2. The Morgan fingerprint density at radius 3 is 2.51 bits per heavy atom. The number of rotatable bonds is 5. The molecule has 7 heteroatoms. The number of carbonyl (C=O) groups is 3. The number of hydrogen-bond acceptors (Lipinski definition) is 6. The van der Waals surface area contributed by atoms with E-state index in [0.29, 0.717) is 23.3 Å². The van der Waals surface area contributed by atoms with Crippen LogP contribution in [0.5, 0.6) is 0 Å². The largest absolute Gasteiger partial charge is 0.468 e. The molecule has 37 heavy (non-hydrogen) atoms. The monoisotopic (exact) mass is 500 g/mol. The average Bonchev–Trinajstić information content (AvgIpc) is 3.20. The van der Waals surface area contributed by atoms with Gasteiger partial charge in [-0.15, -0.1) is 0 Å². The summed E-state index contributed by atoms with van der Waals surface area (Å²) < 4.78 is 12.7. The SMILES string of the molecule is CCOC(=O)C1=C(C)NC2=C(C(=O)[C@H](C(=O)OC)[C@H](C)C2)[C@@H]1c1ccc2c(c1)c1ccccc1n2CC. The van der Waals surface area contributed by atoms with Crippen LogP contribution in [0.25, 0.3) is 21.8 Å². The van der Waals surface area contributed by atoms with Gasteiger partial charge in [0.2, 0.25) is 0 Å². The third-order valence-corrected chi connectivity index (χ3v) is 7.68. The van der Waals surface area contributed by atoms with Crippen LogP contribution in [-0.2, 0) is 30.4 Å². The molecule has 1 N–H and O–H groups in total. The number of dihydropyridines is 1. The molecule has 3 aromatic rings. The van der Waals surface area contributed by atoms with E-state index in [-0.39, 0.29) is 18.3 Å². The number of para-hydroxylation sites is 1. The molecule has 2 heterocycles. The first-order chi connectivity index (χ1) is 17.8. The number of ketones is 1. The zero-order valence-corrected chi connectivity index (χ0v) is 21.9. The molecule has 0 unspecified atom stereocenters. The summed E-state index contributed by atoms with van der Waals surface area (Å²) in [7, 11) is 1.30. The van der Waals surface area contributed by atoms with Crippen LogP contribution in [0.3, 0.4) is 0 Å². The molecule has 0 fully saturated rings. The standard InChI is InChI=1S/C30H32N2O5/c1-6-32-22-11-9-8-10-19(22)20-15-18(12-13-23(20)32)26-25(30(35)37-7-2)17(4)31-21-14-16(3)24(29(34)36-5)28(33)27(21)26/h8-13,15-16,24,26,31H,6-7,14H2,1-5H3/t16-,24-,26-/m1/s1. The summed E-state index contributed by atoms with van der Waals surface area (Å²) in [5.74, 6) is -3.12. The van der Waals surface area contributed by atoms with Gasteiger partial charge in [-0.3, -0.25) is 9.59 Å². The van der Waals surface area contributed by atoms with Gasteiger partial charge >= 0.3 is 11.9 Å². The molecular weight excluding hydrogens is 468 g/mol. The Kier molecular flexibility index (Phi) is 6.40. The van der Waals surface area contributed by atoms with Gasteiger partial charge in [0.1, 0.15) is 5.92 Å². The lowest BCUT2D eigenvalue weighted by atomic mass is 9.69. The second kappa shape index (κ2) is 9.54. The van der Waals surface area contributed by atoms with E-state index in [1.54, 1.807) is 6.92 Å². The molecule has 2 aliphatic rings. The predicted octanol–water partition coefficient (Wildman–Crippen LogP) is 4.99. The number of nitrogens with one attached hydrogen (secondary N) is 1. The fraction of sp³-hybridized carbons (Fsp3) is 0.367. The first-order valence-electron chi connectivity index (χ1n) is 12.8. The van der Waals surface area contributed by atoms with Crippen molar-refractivity contribution in [1.82, 2.24) is 9.88 Å². The van der Waals surface area contributed by atoms with E-state index in [2.05, 4.69) is 41.1 Å². The number of carbonyl (C=O) groups excluding carboxylic acids is 3. The highest BCUT2D eigenvalue weighted by molar-refractivity contribution is 6.13. The molecule has 7 nitrogen and oxygen atoms in total. The normalized spacial score (nSPS) is 21.8. The minimum absolute atomic E-state index is 0.215. The van der Waals surface area contributed by atoms with E-state index < -0.39 is 23.8 Å². The molecule has 1 aliphatic heterocycles. The number of nitrogens with zero attached hydrogens (tertiary/aromatic N) is 1. The topological polar surface area (TPSA) is 86.6 Å². The predicted molar refractivity (Wildman–Crippen MR) is 142 cm³/mol. The molecule has 5 rings (SSSR count). The fourth-order valence-corrected chi connectivity index (χ4v) is 6.08. The minimum Gasteiger partial charge on any atom is -0.468 e. The van der Waals surface area contributed by atoms with Crippen LogP contribution in [0, 0.1) is 11.8 Å². The van der Waals surface area contributed by atoms with E-state index in [4.69, 9.17) is 9.47 Å². The lowest BCUT2D eigenvalue weighted by Gasteiger charge is -2.38. The second-order valence-electron chi connectivity index (χ2n) is 9.79. The Morgan fingerprint density at radius 1 is 1.08 bits per heavy atom. The molecule has 0 saturated carbocycles. The lowest BCUT2D eigenvalue weighted by Crippen LogP contribution is -2.43. The summed E-state index contributed by atoms with van der Waals surface area (Å²) >= 11 is 0. The van der Waals surface area contributed by atoms with Crippen molar-refractivity contribution in [3.63, 3.8) is 0 Å². The minimum atomic E-state index is -0.916. The van der Waals surface area contributed by atoms with Crippen LogP contribution in [0.2, 0.25) is 0 Å². The summed E-state index contributed by atoms with van der Waals surface area (Å²) in [6.45, 7) is 8.63. The molecule has 1 aromatic heterocycles. The van der Waals surface area contributed by atoms with Crippen molar-refractivity contribution in [2.45, 2.75) is 46.6 Å². The zero-order chi connectivity index (χ0) is 26.4. The summed E-state index contributed by atoms with van der Waals surface area (Å²) in [6, 6.07) is 14.4. The van der Waals surface area contributed by atoms with Crippen molar-refractivity contribution in [2.24, 2.45) is 11.8 Å². The Bertz CT molecular complexity index is 1510. The van der Waals surface area contributed by atoms with Gasteiger partial charge in [0.05, 0.1) is 19.3 Å². The Hall–Kier alpha value is -3.87. The maximum absolute atomic E-state index is 13.9. The highest BCUT2D eigenvalue weighted by atomic mass is 16.5. The molecule has 0 spiro atoms. The summed E-state index contributed by atoms with van der Waals surface area (Å²) in [5, 5.41) is 5.47. The van der Waals surface area contributed by atoms with Gasteiger partial charge in [0.15, 0.2) is 5.78 Å². The van der Waals surface area contributed by atoms with Gasteiger partial charge in [-0.1, -0.05) is 31.2 Å². The number of methoxy groups -OCH3 is 1. The molecule has 1 aliphatic carbocycles. The van der Waals surface area contributed by atoms with Gasteiger partial charge in [-0.05, 0) is 56.9 Å². The number of aromatic nitrogens is 1. The van der Waals surface area contributed by atoms with Gasteiger partial charge in [0, 0.05) is 51.2 Å². The summed E-state index contributed by atoms with van der Waals surface area (Å²) in [4.78, 5) is 39.9. The Morgan fingerprint density at radius 2 is 1.81 bits per heavy atom. The molecular formula is C30H32N2O5. The van der Waals surface area contributed by atoms with Gasteiger partial charge in [-0.25, -0.2) is 4.79 Å². The number of fused-ring (bicyclic) bond motifs is 3. The van der Waals surface area contributed by atoms with Crippen molar-refractivity contribution in [2.75, 3.05) is 13.7 Å². The van der Waals surface area contributed by atoms with Gasteiger partial charge in [0.25, 0.3) is 0 Å².